The minimum Gasteiger partial charge on any atom is -0.481 e. The van der Waals surface area contributed by atoms with Gasteiger partial charge in [0, 0.05) is 70.0 Å². The molecule has 13 heteroatoms. The molecule has 13 nitrogen and oxygen atoms in total. The van der Waals surface area contributed by atoms with Gasteiger partial charge in [0.15, 0.2) is 32.6 Å². The Morgan fingerprint density at radius 1 is 0.252 bits per heavy atom. The number of aromatic nitrogens is 6. The molecular formula is C134H122N6O7. The van der Waals surface area contributed by atoms with Crippen LogP contribution < -0.4 is 37.3 Å². The van der Waals surface area contributed by atoms with Crippen LogP contribution in [-0.2, 0) is 44.7 Å². The van der Waals surface area contributed by atoms with Gasteiger partial charge in [0.2, 0.25) is 0 Å². The number of benzene rings is 15. The molecule has 0 N–H and O–H groups in total. The zero-order valence-electron chi connectivity index (χ0n) is 87.2. The molecule has 0 spiro atoms. The first-order valence-corrected chi connectivity index (χ1v) is 50.3. The Morgan fingerprint density at radius 2 is 0.469 bits per heavy atom. The molecule has 0 unspecified atom stereocenters. The lowest BCUT2D eigenvalue weighted by Gasteiger charge is -2.20. The van der Waals surface area contributed by atoms with E-state index < -0.39 is 0 Å². The minimum atomic E-state index is -0.0491. The van der Waals surface area contributed by atoms with Crippen molar-refractivity contribution >= 4 is 152 Å². The summed E-state index contributed by atoms with van der Waals surface area (Å²) >= 11 is 0. The SMILES string of the molecule is C#CCOc1ccc2cc(C(C)C)ccc2c1.CC.CC.CC.CC#CCn1c2ccccc2c(=O)c2cc3c(cc21)c(=O)c1ccccc1n3CC#CC.CC#CCn1c2ccccc2c(=O)c2cc3c(cc21)c(=O)c1ccccc1n3CC#CC.CC#CCn1c2ccccc2c(=O)c2cc3c(cc21)c(=O)c1ccccc1n3CC#CC.CC(C)c1ccc2ccccc2c1.CC1(C)c2ccccc2-c2ccccc21. The van der Waals surface area contributed by atoms with Gasteiger partial charge in [-0.15, -0.1) is 41.9 Å². The van der Waals surface area contributed by atoms with Crippen molar-refractivity contribution in [3.05, 3.63) is 393 Å². The lowest BCUT2D eigenvalue weighted by atomic mass is 9.82. The van der Waals surface area contributed by atoms with Crippen molar-refractivity contribution in [3.63, 3.8) is 0 Å². The fourth-order valence-electron chi connectivity index (χ4n) is 19.2. The van der Waals surface area contributed by atoms with Crippen LogP contribution in [0.25, 0.3) is 164 Å². The predicted molar refractivity (Wildman–Crippen MR) is 624 cm³/mol. The van der Waals surface area contributed by atoms with Crippen molar-refractivity contribution in [2.75, 3.05) is 6.61 Å². The number of ether oxygens (including phenoxy) is 1. The van der Waals surface area contributed by atoms with E-state index >= 15 is 0 Å². The zero-order valence-corrected chi connectivity index (χ0v) is 87.2. The van der Waals surface area contributed by atoms with E-state index in [0.717, 1.165) is 38.8 Å². The van der Waals surface area contributed by atoms with Crippen molar-refractivity contribution in [1.82, 2.24) is 27.4 Å². The molecule has 1 aliphatic rings. The number of pyridine rings is 6. The first-order valence-electron chi connectivity index (χ1n) is 50.3. The number of para-hydroxylation sites is 6. The van der Waals surface area contributed by atoms with Crippen LogP contribution in [0.5, 0.6) is 5.75 Å². The van der Waals surface area contributed by atoms with E-state index in [1.807, 2.05) is 263 Å². The van der Waals surface area contributed by atoms with Gasteiger partial charge in [0.05, 0.1) is 105 Å². The van der Waals surface area contributed by atoms with E-state index in [4.69, 9.17) is 11.2 Å². The van der Waals surface area contributed by atoms with E-state index in [2.05, 4.69) is 234 Å². The average molecular weight is 1930 g/mol. The van der Waals surface area contributed by atoms with Gasteiger partial charge >= 0.3 is 0 Å². The Labute approximate surface area is 859 Å². The lowest BCUT2D eigenvalue weighted by Crippen LogP contribution is -2.15. The van der Waals surface area contributed by atoms with Crippen LogP contribution in [0.3, 0.4) is 0 Å². The van der Waals surface area contributed by atoms with Gasteiger partial charge in [-0.25, -0.2) is 0 Å². The third-order valence-corrected chi connectivity index (χ3v) is 26.4. The molecule has 22 rings (SSSR count). The minimum absolute atomic E-state index is 0.0491. The second-order valence-electron chi connectivity index (χ2n) is 35.7. The summed E-state index contributed by atoms with van der Waals surface area (Å²) in [7, 11) is 0. The summed E-state index contributed by atoms with van der Waals surface area (Å²) in [5, 5.41) is 12.4. The van der Waals surface area contributed by atoms with E-state index in [9.17, 15) is 28.8 Å². The van der Waals surface area contributed by atoms with E-state index in [1.54, 1.807) is 41.5 Å². The molecule has 0 saturated heterocycles. The summed E-state index contributed by atoms with van der Waals surface area (Å²) in [6.45, 7) is 39.1. The maximum absolute atomic E-state index is 13.5. The zero-order chi connectivity index (χ0) is 105. The first-order chi connectivity index (χ1) is 71.6. The van der Waals surface area contributed by atoms with E-state index in [1.165, 1.54) is 54.9 Å². The van der Waals surface area contributed by atoms with Gasteiger partial charge in [-0.1, -0.05) is 313 Å². The van der Waals surface area contributed by atoms with E-state index in [0.29, 0.717) is 155 Å². The second kappa shape index (κ2) is 48.4. The molecule has 0 amide bonds. The highest BCUT2D eigenvalue weighted by Crippen LogP contribution is 2.48. The number of hydrogen-bond acceptors (Lipinski definition) is 7. The summed E-state index contributed by atoms with van der Waals surface area (Å²) < 4.78 is 17.5. The molecule has 21 aromatic rings. The Bertz CT molecular complexity index is 8450. The molecule has 15 aromatic carbocycles. The smallest absolute Gasteiger partial charge is 0.197 e. The molecule has 6 heterocycles. The van der Waals surface area contributed by atoms with Gasteiger partial charge in [-0.05, 0) is 230 Å². The quantitative estimate of drug-likeness (QED) is 0.0980. The summed E-state index contributed by atoms with van der Waals surface area (Å²) in [4.78, 5) is 80.8. The van der Waals surface area contributed by atoms with Crippen LogP contribution >= 0.6 is 0 Å². The van der Waals surface area contributed by atoms with Gasteiger partial charge in [-0.3, -0.25) is 28.8 Å². The standard InChI is InChI=1S/3C28H20N2O2.C16H16O.C15H14.C13H14.3C2H6/c3*1-3-5-15-29-23-13-9-7-11-19(23)27(31)21-18-26-22(17-25(21)29)28(32)20-12-8-10-14-24(20)30(26)16-6-4-2;1-4-9-17-16-8-7-14-10-13(12(2)3)5-6-15(14)11-16;1-15(2)13-9-5-3-7-11(13)12-8-4-6-10-14(12)15;1-10(2)12-8-7-11-5-3-4-6-13(11)9-12;3*1-2/h3*7-14,17-18H,15-16H2,1-2H3;1,5-8,10-12H,9H2,2-3H3;3-10H,1-2H3;3-10H,1-2H3;3*1-2H3. The van der Waals surface area contributed by atoms with Crippen LogP contribution in [-0.4, -0.2) is 34.0 Å². The Hall–Kier alpha value is -17.6. The van der Waals surface area contributed by atoms with Crippen molar-refractivity contribution in [2.24, 2.45) is 0 Å². The molecule has 0 atom stereocenters. The second-order valence-corrected chi connectivity index (χ2v) is 35.7. The van der Waals surface area contributed by atoms with Gasteiger partial charge in [0.1, 0.15) is 12.4 Å². The van der Waals surface area contributed by atoms with Crippen LogP contribution in [0.1, 0.15) is 159 Å². The largest absolute Gasteiger partial charge is 0.481 e. The third-order valence-electron chi connectivity index (χ3n) is 26.4. The fourth-order valence-corrected chi connectivity index (χ4v) is 19.2. The number of terminal acetylenes is 1. The predicted octanol–water partition coefficient (Wildman–Crippen LogP) is 29.0. The Kier molecular flexibility index (Phi) is 34.6. The Balaban J connectivity index is 0.000000142. The molecule has 6 aromatic heterocycles. The molecule has 0 fully saturated rings. The number of fused-ring (bicyclic) bond motifs is 17. The monoisotopic (exact) mass is 1930 g/mol. The van der Waals surface area contributed by atoms with Gasteiger partial charge in [-0.2, -0.15) is 0 Å². The lowest BCUT2D eigenvalue weighted by molar-refractivity contribution is 0.371. The third kappa shape index (κ3) is 21.6. The normalized spacial score (nSPS) is 11.0. The molecule has 147 heavy (non-hydrogen) atoms. The highest BCUT2D eigenvalue weighted by molar-refractivity contribution is 6.08. The number of rotatable bonds is 10. The van der Waals surface area contributed by atoms with Crippen molar-refractivity contribution in [2.45, 2.75) is 181 Å². The number of nitrogens with zero attached hydrogens (tertiary/aromatic N) is 6. The fraction of sp³-hybridized carbons (Fsp3) is 0.209. The molecule has 0 aliphatic heterocycles. The summed E-state index contributed by atoms with van der Waals surface area (Å²) in [5.41, 5.74) is 17.5. The van der Waals surface area contributed by atoms with E-state index in [-0.39, 0.29) is 38.0 Å². The van der Waals surface area contributed by atoms with Crippen molar-refractivity contribution in [1.29, 1.82) is 0 Å². The molecule has 1 aliphatic carbocycles. The Morgan fingerprint density at radius 3 is 0.728 bits per heavy atom. The van der Waals surface area contributed by atoms with Crippen molar-refractivity contribution < 1.29 is 4.74 Å². The summed E-state index contributed by atoms with van der Waals surface area (Å²) in [5.74, 6) is 40.7. The van der Waals surface area contributed by atoms with Crippen LogP contribution in [0.2, 0.25) is 0 Å². The summed E-state index contributed by atoms with van der Waals surface area (Å²) in [6, 6.07) is 102. The first kappa shape index (κ1) is 105. The maximum atomic E-state index is 13.5. The number of hydrogen-bond donors (Lipinski definition) is 0. The van der Waals surface area contributed by atoms with Crippen LogP contribution in [0.15, 0.2) is 338 Å². The van der Waals surface area contributed by atoms with Gasteiger partial charge in [0.25, 0.3) is 0 Å². The molecule has 0 radical (unpaired) electrons. The molecular weight excluding hydrogens is 1810 g/mol. The summed E-state index contributed by atoms with van der Waals surface area (Å²) in [6.07, 6.45) is 5.17. The molecule has 0 bridgehead atoms. The molecule has 730 valence electrons. The van der Waals surface area contributed by atoms with Crippen molar-refractivity contribution in [3.8, 4) is 100 Å². The average Bonchev–Trinajstić information content (AvgIpc) is 1.52. The highest BCUT2D eigenvalue weighted by Gasteiger charge is 2.35. The van der Waals surface area contributed by atoms with Crippen LogP contribution in [0.4, 0.5) is 0 Å². The molecule has 0 saturated carbocycles. The maximum Gasteiger partial charge on any atom is 0.197 e. The van der Waals surface area contributed by atoms with Crippen LogP contribution in [0, 0.1) is 83.4 Å². The topological polar surface area (TPSA) is 141 Å². The highest BCUT2D eigenvalue weighted by atomic mass is 16.5. The van der Waals surface area contributed by atoms with Gasteiger partial charge < -0.3 is 32.1 Å².